The molecule has 0 amide bonds. The van der Waals surface area contributed by atoms with Gasteiger partial charge >= 0.3 is 0 Å². The first-order valence-electron chi connectivity index (χ1n) is 9.63. The van der Waals surface area contributed by atoms with Crippen molar-refractivity contribution >= 4 is 40.1 Å². The van der Waals surface area contributed by atoms with Crippen molar-refractivity contribution in [2.24, 2.45) is 0 Å². The molecule has 148 valence electrons. The van der Waals surface area contributed by atoms with Gasteiger partial charge in [0, 0.05) is 5.56 Å². The summed E-state index contributed by atoms with van der Waals surface area (Å²) >= 11 is 0. The highest BCUT2D eigenvalue weighted by atomic mass is 31.2. The number of nitrogens with two attached hydrogens (primary N) is 1. The molecule has 0 aliphatic rings. The molecule has 0 bridgehead atoms. The quantitative estimate of drug-likeness (QED) is 0.300. The second-order valence-corrected chi connectivity index (χ2v) is 10.2. The Hall–Kier alpha value is -3.42. The van der Waals surface area contributed by atoms with E-state index in [1.807, 2.05) is 91.0 Å². The SMILES string of the molecule is Nc1c(F)cccc1C(=O)C=P(c1ccccc1)(c1ccccc1)c1ccccc1. The van der Waals surface area contributed by atoms with Crippen LogP contribution in [-0.4, -0.2) is 11.6 Å². The molecule has 0 saturated heterocycles. The van der Waals surface area contributed by atoms with Crippen LogP contribution in [0.2, 0.25) is 0 Å². The Kier molecular flexibility index (Phi) is 5.65. The zero-order chi connectivity index (χ0) is 21.0. The highest BCUT2D eigenvalue weighted by Gasteiger charge is 2.27. The fraction of sp³-hybridized carbons (Fsp3) is 0. The number of carbonyl (C=O) groups is 1. The van der Waals surface area contributed by atoms with Gasteiger partial charge in [0.15, 0.2) is 5.78 Å². The van der Waals surface area contributed by atoms with Gasteiger partial charge in [0.1, 0.15) is 5.82 Å². The molecule has 0 fully saturated rings. The third-order valence-corrected chi connectivity index (χ3v) is 9.08. The molecule has 0 aromatic heterocycles. The molecule has 0 radical (unpaired) electrons. The molecule has 4 rings (SSSR count). The lowest BCUT2D eigenvalue weighted by atomic mass is 10.1. The van der Waals surface area contributed by atoms with E-state index in [1.165, 1.54) is 12.1 Å². The van der Waals surface area contributed by atoms with Crippen LogP contribution in [0.1, 0.15) is 10.4 Å². The number of hydrogen-bond donors (Lipinski definition) is 1. The molecule has 0 heterocycles. The van der Waals surface area contributed by atoms with Crippen molar-refractivity contribution < 1.29 is 9.18 Å². The van der Waals surface area contributed by atoms with E-state index >= 15 is 0 Å². The Morgan fingerprint density at radius 1 is 0.667 bits per heavy atom. The van der Waals surface area contributed by atoms with Gasteiger partial charge in [0.25, 0.3) is 0 Å². The van der Waals surface area contributed by atoms with E-state index in [0.29, 0.717) is 0 Å². The molecular weight excluding hydrogens is 392 g/mol. The number of carbonyl (C=O) groups excluding carboxylic acids is 1. The summed E-state index contributed by atoms with van der Waals surface area (Å²) in [5.74, 6) is 0.896. The standard InChI is InChI=1S/C26H21FNOP/c27-24-18-10-17-23(26(24)28)25(29)19-30(20-11-4-1-5-12-20,21-13-6-2-7-14-21)22-15-8-3-9-16-22/h1-19H,28H2. The zero-order valence-electron chi connectivity index (χ0n) is 16.3. The van der Waals surface area contributed by atoms with Crippen LogP contribution in [0.4, 0.5) is 10.1 Å². The molecule has 2 N–H and O–H groups in total. The highest BCUT2D eigenvalue weighted by molar-refractivity contribution is 7.95. The Balaban J connectivity index is 2.09. The number of anilines is 1. The average molecular weight is 413 g/mol. The molecule has 0 saturated carbocycles. The smallest absolute Gasteiger partial charge is 0.189 e. The van der Waals surface area contributed by atoms with Gasteiger partial charge in [-0.15, -0.1) is 0 Å². The number of ketones is 1. The van der Waals surface area contributed by atoms with Crippen molar-refractivity contribution in [1.82, 2.24) is 0 Å². The van der Waals surface area contributed by atoms with Gasteiger partial charge in [-0.2, -0.15) is 0 Å². The second kappa shape index (κ2) is 8.52. The lowest BCUT2D eigenvalue weighted by Gasteiger charge is -2.28. The molecule has 0 aliphatic carbocycles. The highest BCUT2D eigenvalue weighted by Crippen LogP contribution is 2.44. The predicted octanol–water partition coefficient (Wildman–Crippen LogP) is 4.39. The summed E-state index contributed by atoms with van der Waals surface area (Å²) in [6.45, 7) is -2.46. The minimum absolute atomic E-state index is 0.119. The lowest BCUT2D eigenvalue weighted by molar-refractivity contribution is 0.107. The third-order valence-electron chi connectivity index (χ3n) is 5.12. The summed E-state index contributed by atoms with van der Waals surface area (Å²) in [5.41, 5.74) is 5.98. The second-order valence-electron chi connectivity index (χ2n) is 6.92. The molecule has 0 unspecified atom stereocenters. The Labute approximate surface area is 175 Å². The van der Waals surface area contributed by atoms with Crippen LogP contribution in [-0.2, 0) is 0 Å². The number of para-hydroxylation sites is 1. The summed E-state index contributed by atoms with van der Waals surface area (Å²) in [5, 5.41) is 3.14. The van der Waals surface area contributed by atoms with E-state index in [-0.39, 0.29) is 17.0 Å². The Bertz CT molecular complexity index is 1120. The summed E-state index contributed by atoms with van der Waals surface area (Å²) in [7, 11) is 0. The lowest BCUT2D eigenvalue weighted by Crippen LogP contribution is -2.28. The molecular formula is C26H21FNOP. The molecule has 0 spiro atoms. The first kappa shape index (κ1) is 19.9. The van der Waals surface area contributed by atoms with Crippen LogP contribution < -0.4 is 21.6 Å². The summed E-state index contributed by atoms with van der Waals surface area (Å²) in [6, 6.07) is 34.4. The number of Topliss-reactive ketones (excluding diaryl/α,β-unsaturated/α-hetero) is 1. The van der Waals surface area contributed by atoms with E-state index < -0.39 is 12.7 Å². The van der Waals surface area contributed by atoms with Crippen LogP contribution in [0, 0.1) is 5.82 Å². The van der Waals surface area contributed by atoms with Gasteiger partial charge in [-0.05, 0) is 40.7 Å². The van der Waals surface area contributed by atoms with Gasteiger partial charge in [-0.25, -0.2) is 4.39 Å². The molecule has 0 aliphatic heterocycles. The molecule has 4 aromatic carbocycles. The zero-order valence-corrected chi connectivity index (χ0v) is 17.2. The summed E-state index contributed by atoms with van der Waals surface area (Å²) < 4.78 is 14.1. The topological polar surface area (TPSA) is 43.1 Å². The van der Waals surface area contributed by atoms with Crippen molar-refractivity contribution in [3.63, 3.8) is 0 Å². The Morgan fingerprint density at radius 3 is 1.53 bits per heavy atom. The van der Waals surface area contributed by atoms with E-state index in [9.17, 15) is 9.18 Å². The van der Waals surface area contributed by atoms with Crippen molar-refractivity contribution in [1.29, 1.82) is 0 Å². The first-order chi connectivity index (χ1) is 14.6. The van der Waals surface area contributed by atoms with Gasteiger partial charge < -0.3 is 5.73 Å². The maximum atomic E-state index is 14.1. The first-order valence-corrected chi connectivity index (χ1v) is 11.5. The van der Waals surface area contributed by atoms with Gasteiger partial charge in [-0.1, -0.05) is 97.1 Å². The van der Waals surface area contributed by atoms with Crippen LogP contribution in [0.25, 0.3) is 0 Å². The van der Waals surface area contributed by atoms with Gasteiger partial charge in [0.2, 0.25) is 0 Å². The summed E-state index contributed by atoms with van der Waals surface area (Å²) in [4.78, 5) is 13.5. The van der Waals surface area contributed by atoms with E-state index in [2.05, 4.69) is 0 Å². The normalized spacial score (nSPS) is 11.1. The molecule has 0 atom stereocenters. The molecule has 4 aromatic rings. The number of hydrogen-bond acceptors (Lipinski definition) is 2. The maximum Gasteiger partial charge on any atom is 0.189 e. The number of benzene rings is 4. The van der Waals surface area contributed by atoms with Crippen LogP contribution in [0.3, 0.4) is 0 Å². The van der Waals surface area contributed by atoms with E-state index in [4.69, 9.17) is 5.73 Å². The summed E-state index contributed by atoms with van der Waals surface area (Å²) in [6.07, 6.45) is 0. The average Bonchev–Trinajstić information content (AvgIpc) is 2.81. The fourth-order valence-electron chi connectivity index (χ4n) is 3.66. The third kappa shape index (κ3) is 3.60. The number of halogens is 1. The predicted molar refractivity (Wildman–Crippen MR) is 126 cm³/mol. The van der Waals surface area contributed by atoms with Crippen molar-refractivity contribution in [2.45, 2.75) is 0 Å². The minimum Gasteiger partial charge on any atom is -0.396 e. The van der Waals surface area contributed by atoms with Crippen molar-refractivity contribution in [2.75, 3.05) is 5.73 Å². The van der Waals surface area contributed by atoms with E-state index in [0.717, 1.165) is 15.9 Å². The Morgan fingerprint density at radius 2 is 1.10 bits per heavy atom. The largest absolute Gasteiger partial charge is 0.396 e. The van der Waals surface area contributed by atoms with E-state index in [1.54, 1.807) is 11.9 Å². The molecule has 2 nitrogen and oxygen atoms in total. The van der Waals surface area contributed by atoms with Gasteiger partial charge in [0.05, 0.1) is 5.69 Å². The molecule has 4 heteroatoms. The number of rotatable bonds is 5. The van der Waals surface area contributed by atoms with Gasteiger partial charge in [-0.3, -0.25) is 4.79 Å². The number of nitrogen functional groups attached to an aromatic ring is 1. The minimum atomic E-state index is -2.46. The van der Waals surface area contributed by atoms with Crippen molar-refractivity contribution in [3.8, 4) is 0 Å². The van der Waals surface area contributed by atoms with Crippen LogP contribution in [0.15, 0.2) is 109 Å². The van der Waals surface area contributed by atoms with Crippen LogP contribution >= 0.6 is 6.89 Å². The monoisotopic (exact) mass is 413 g/mol. The molecule has 30 heavy (non-hydrogen) atoms. The van der Waals surface area contributed by atoms with Crippen molar-refractivity contribution in [3.05, 3.63) is 121 Å². The fourth-order valence-corrected chi connectivity index (χ4v) is 7.42. The maximum absolute atomic E-state index is 14.1. The van der Waals surface area contributed by atoms with Crippen LogP contribution in [0.5, 0.6) is 0 Å².